The van der Waals surface area contributed by atoms with E-state index in [1.165, 1.54) is 12.1 Å². The lowest BCUT2D eigenvalue weighted by Gasteiger charge is -2.16. The third-order valence-corrected chi connectivity index (χ3v) is 4.49. The molecule has 2 atom stereocenters. The Hall–Kier alpha value is -2.73. The molecule has 3 rings (SSSR count). The number of carbonyl (C=O) groups is 1. The third kappa shape index (κ3) is 3.44. The first-order chi connectivity index (χ1) is 11.5. The Morgan fingerprint density at radius 3 is 2.38 bits per heavy atom. The van der Waals surface area contributed by atoms with E-state index in [4.69, 9.17) is 0 Å². The van der Waals surface area contributed by atoms with Crippen LogP contribution >= 0.6 is 0 Å². The molecule has 124 valence electrons. The molecular weight excluding hydrogens is 308 g/mol. The highest BCUT2D eigenvalue weighted by Crippen LogP contribution is 2.34. The zero-order chi connectivity index (χ0) is 17.1. The molecule has 0 bridgehead atoms. The second-order valence-corrected chi connectivity index (χ2v) is 6.08. The zero-order valence-electron chi connectivity index (χ0n) is 13.0. The first-order valence-corrected chi connectivity index (χ1v) is 7.78. The Morgan fingerprint density at radius 2 is 1.79 bits per heavy atom. The Labute approximate surface area is 139 Å². The van der Waals surface area contributed by atoms with Gasteiger partial charge in [0.15, 0.2) is 0 Å². The number of non-ortho nitro benzene ring substituents is 1. The number of carboxylic acid groups (broad SMARTS) is 1. The van der Waals surface area contributed by atoms with Crippen LogP contribution in [0, 0.1) is 16.0 Å². The van der Waals surface area contributed by atoms with Gasteiger partial charge in [0.1, 0.15) is 0 Å². The maximum atomic E-state index is 11.6. The van der Waals surface area contributed by atoms with Gasteiger partial charge in [-0.15, -0.1) is 0 Å². The summed E-state index contributed by atoms with van der Waals surface area (Å²) < 4.78 is 0. The predicted octanol–water partition coefficient (Wildman–Crippen LogP) is 2.90. The monoisotopic (exact) mass is 326 g/mol. The maximum absolute atomic E-state index is 11.6. The smallest absolute Gasteiger partial charge is 0.308 e. The summed E-state index contributed by atoms with van der Waals surface area (Å²) in [6, 6.07) is 16.1. The number of hydrogen-bond donors (Lipinski definition) is 1. The highest BCUT2D eigenvalue weighted by Gasteiger charge is 2.38. The van der Waals surface area contributed by atoms with Crippen molar-refractivity contribution in [1.29, 1.82) is 0 Å². The van der Waals surface area contributed by atoms with Crippen LogP contribution in [0.1, 0.15) is 17.0 Å². The van der Waals surface area contributed by atoms with Crippen molar-refractivity contribution in [3.63, 3.8) is 0 Å². The standard InChI is InChI=1S/C18H18N2O4/c21-18(22)17-12-19(10-13-4-2-1-3-5-13)11-16(17)14-6-8-15(9-7-14)20(23)24/h1-9,16-17H,10-12H2,(H,21,22)/t16-,17+/m0/s1. The molecule has 1 N–H and O–H groups in total. The van der Waals surface area contributed by atoms with E-state index in [1.54, 1.807) is 12.1 Å². The second-order valence-electron chi connectivity index (χ2n) is 6.08. The minimum absolute atomic E-state index is 0.0183. The lowest BCUT2D eigenvalue weighted by molar-refractivity contribution is -0.384. The fourth-order valence-electron chi connectivity index (χ4n) is 3.29. The van der Waals surface area contributed by atoms with Crippen molar-refractivity contribution in [1.82, 2.24) is 4.90 Å². The molecule has 0 spiro atoms. The predicted molar refractivity (Wildman–Crippen MR) is 88.7 cm³/mol. The van der Waals surface area contributed by atoms with E-state index in [-0.39, 0.29) is 11.6 Å². The lowest BCUT2D eigenvalue weighted by atomic mass is 9.89. The zero-order valence-corrected chi connectivity index (χ0v) is 13.0. The summed E-state index contributed by atoms with van der Waals surface area (Å²) in [5, 5.41) is 20.3. The number of benzene rings is 2. The van der Waals surface area contributed by atoms with Crippen molar-refractivity contribution in [3.05, 3.63) is 75.8 Å². The molecule has 6 nitrogen and oxygen atoms in total. The van der Waals surface area contributed by atoms with E-state index in [0.29, 0.717) is 19.6 Å². The molecular formula is C18H18N2O4. The number of aliphatic carboxylic acids is 1. The van der Waals surface area contributed by atoms with Gasteiger partial charge in [0.2, 0.25) is 0 Å². The van der Waals surface area contributed by atoms with Crippen molar-refractivity contribution in [2.45, 2.75) is 12.5 Å². The summed E-state index contributed by atoms with van der Waals surface area (Å²) in [5.74, 6) is -1.49. The Bertz CT molecular complexity index is 730. The molecule has 24 heavy (non-hydrogen) atoms. The molecule has 0 radical (unpaired) electrons. The van der Waals surface area contributed by atoms with Crippen molar-refractivity contribution >= 4 is 11.7 Å². The molecule has 0 saturated carbocycles. The van der Waals surface area contributed by atoms with Crippen LogP contribution in [0.15, 0.2) is 54.6 Å². The van der Waals surface area contributed by atoms with Crippen LogP contribution in [0.4, 0.5) is 5.69 Å². The number of hydrogen-bond acceptors (Lipinski definition) is 4. The first kappa shape index (κ1) is 16.1. The second kappa shape index (κ2) is 6.80. The van der Waals surface area contributed by atoms with Gasteiger partial charge in [0.05, 0.1) is 10.8 Å². The summed E-state index contributed by atoms with van der Waals surface area (Å²) in [5.41, 5.74) is 2.00. The van der Waals surface area contributed by atoms with E-state index in [2.05, 4.69) is 4.90 Å². The summed E-state index contributed by atoms with van der Waals surface area (Å²) in [7, 11) is 0. The third-order valence-electron chi connectivity index (χ3n) is 4.49. The minimum atomic E-state index is -0.825. The van der Waals surface area contributed by atoms with Crippen LogP contribution in [0.2, 0.25) is 0 Å². The number of likely N-dealkylation sites (tertiary alicyclic amines) is 1. The van der Waals surface area contributed by atoms with Gasteiger partial charge in [0.25, 0.3) is 5.69 Å². The number of carboxylic acids is 1. The fourth-order valence-corrected chi connectivity index (χ4v) is 3.29. The van der Waals surface area contributed by atoms with Gasteiger partial charge in [0, 0.05) is 37.7 Å². The lowest BCUT2D eigenvalue weighted by Crippen LogP contribution is -2.23. The van der Waals surface area contributed by atoms with Crippen molar-refractivity contribution in [2.75, 3.05) is 13.1 Å². The molecule has 0 unspecified atom stereocenters. The molecule has 0 aromatic heterocycles. The van der Waals surface area contributed by atoms with Crippen LogP contribution in [-0.2, 0) is 11.3 Å². The highest BCUT2D eigenvalue weighted by molar-refractivity contribution is 5.72. The van der Waals surface area contributed by atoms with Crippen LogP contribution in [-0.4, -0.2) is 34.0 Å². The van der Waals surface area contributed by atoms with Gasteiger partial charge in [-0.2, -0.15) is 0 Å². The van der Waals surface area contributed by atoms with E-state index in [0.717, 1.165) is 11.1 Å². The molecule has 1 aliphatic heterocycles. The molecule has 6 heteroatoms. The van der Waals surface area contributed by atoms with Crippen molar-refractivity contribution < 1.29 is 14.8 Å². The average molecular weight is 326 g/mol. The number of nitro benzene ring substituents is 1. The van der Waals surface area contributed by atoms with Gasteiger partial charge in [-0.05, 0) is 11.1 Å². The van der Waals surface area contributed by atoms with Crippen molar-refractivity contribution in [3.8, 4) is 0 Å². The normalized spacial score (nSPS) is 20.8. The maximum Gasteiger partial charge on any atom is 0.308 e. The molecule has 0 aliphatic carbocycles. The fraction of sp³-hybridized carbons (Fsp3) is 0.278. The number of nitro groups is 1. The largest absolute Gasteiger partial charge is 0.481 e. The SMILES string of the molecule is O=C(O)[C@@H]1CN(Cc2ccccc2)C[C@H]1c1ccc([N+](=O)[O-])cc1. The van der Waals surface area contributed by atoms with Gasteiger partial charge >= 0.3 is 5.97 Å². The quantitative estimate of drug-likeness (QED) is 0.674. The van der Waals surface area contributed by atoms with E-state index >= 15 is 0 Å². The van der Waals surface area contributed by atoms with E-state index in [9.17, 15) is 20.0 Å². The molecule has 2 aromatic rings. The Balaban J connectivity index is 1.78. The minimum Gasteiger partial charge on any atom is -0.481 e. The summed E-state index contributed by atoms with van der Waals surface area (Å²) >= 11 is 0. The molecule has 1 heterocycles. The molecule has 2 aromatic carbocycles. The van der Waals surface area contributed by atoms with Gasteiger partial charge < -0.3 is 5.11 Å². The van der Waals surface area contributed by atoms with Crippen LogP contribution < -0.4 is 0 Å². The Morgan fingerprint density at radius 1 is 1.12 bits per heavy atom. The molecule has 1 aliphatic rings. The molecule has 1 saturated heterocycles. The van der Waals surface area contributed by atoms with Crippen molar-refractivity contribution in [2.24, 2.45) is 5.92 Å². The number of nitrogens with zero attached hydrogens (tertiary/aromatic N) is 2. The first-order valence-electron chi connectivity index (χ1n) is 7.78. The van der Waals surface area contributed by atoms with Gasteiger partial charge in [-0.3, -0.25) is 19.8 Å². The van der Waals surface area contributed by atoms with Gasteiger partial charge in [-0.1, -0.05) is 42.5 Å². The van der Waals surface area contributed by atoms with Crippen LogP contribution in [0.25, 0.3) is 0 Å². The average Bonchev–Trinajstić information content (AvgIpc) is 3.00. The Kier molecular flexibility index (Phi) is 4.57. The topological polar surface area (TPSA) is 83.7 Å². The van der Waals surface area contributed by atoms with Crippen LogP contribution in [0.3, 0.4) is 0 Å². The summed E-state index contributed by atoms with van der Waals surface area (Å²) in [4.78, 5) is 24.1. The van der Waals surface area contributed by atoms with E-state index in [1.807, 2.05) is 30.3 Å². The van der Waals surface area contributed by atoms with E-state index < -0.39 is 16.8 Å². The van der Waals surface area contributed by atoms with Gasteiger partial charge in [-0.25, -0.2) is 0 Å². The molecule has 0 amide bonds. The summed E-state index contributed by atoms with van der Waals surface area (Å²) in [6.07, 6.45) is 0. The van der Waals surface area contributed by atoms with Crippen LogP contribution in [0.5, 0.6) is 0 Å². The highest BCUT2D eigenvalue weighted by atomic mass is 16.6. The number of rotatable bonds is 5. The summed E-state index contributed by atoms with van der Waals surface area (Å²) in [6.45, 7) is 1.81. The molecule has 1 fully saturated rings.